The topological polar surface area (TPSA) is 58.5 Å². The fraction of sp³-hybridized carbons (Fsp3) is 0.294. The number of ether oxygens (including phenoxy) is 1. The van der Waals surface area contributed by atoms with Gasteiger partial charge in [-0.05, 0) is 30.3 Å². The minimum absolute atomic E-state index is 0.0659. The van der Waals surface area contributed by atoms with Crippen LogP contribution in [0.3, 0.4) is 0 Å². The second-order valence-corrected chi connectivity index (χ2v) is 6.60. The number of pyridine rings is 1. The number of hydrogen-bond donors (Lipinski definition) is 1. The van der Waals surface area contributed by atoms with Crippen molar-refractivity contribution in [2.75, 3.05) is 32.3 Å². The van der Waals surface area contributed by atoms with Crippen LogP contribution in [0.1, 0.15) is 0 Å². The Morgan fingerprint density at radius 1 is 1.29 bits per heavy atom. The molecule has 0 bridgehead atoms. The highest BCUT2D eigenvalue weighted by Gasteiger charge is 2.10. The normalized spacial score (nSPS) is 12.3. The van der Waals surface area contributed by atoms with Crippen molar-refractivity contribution in [2.45, 2.75) is 6.10 Å². The monoisotopic (exact) mass is 347 g/mol. The van der Waals surface area contributed by atoms with Gasteiger partial charge >= 0.3 is 0 Å². The lowest BCUT2D eigenvalue weighted by molar-refractivity contribution is 0.0842. The van der Waals surface area contributed by atoms with Gasteiger partial charge in [-0.15, -0.1) is 11.3 Å². The minimum atomic E-state index is -1.10. The lowest BCUT2D eigenvalue weighted by atomic mass is 10.3. The van der Waals surface area contributed by atoms with E-state index in [0.717, 1.165) is 26.6 Å². The zero-order valence-corrected chi connectivity index (χ0v) is 14.3. The van der Waals surface area contributed by atoms with Gasteiger partial charge < -0.3 is 14.7 Å². The molecule has 0 aliphatic heterocycles. The van der Waals surface area contributed by atoms with Gasteiger partial charge in [-0.25, -0.2) is 14.4 Å². The Balaban J connectivity index is 1.83. The van der Waals surface area contributed by atoms with E-state index in [2.05, 4.69) is 9.97 Å². The Labute approximate surface area is 143 Å². The predicted molar refractivity (Wildman–Crippen MR) is 94.7 cm³/mol. The van der Waals surface area contributed by atoms with E-state index in [1.807, 2.05) is 49.5 Å². The Morgan fingerprint density at radius 2 is 2.12 bits per heavy atom. The molecule has 0 fully saturated rings. The molecule has 3 rings (SSSR count). The molecule has 24 heavy (non-hydrogen) atoms. The van der Waals surface area contributed by atoms with Crippen molar-refractivity contribution in [2.24, 2.45) is 0 Å². The van der Waals surface area contributed by atoms with Crippen LogP contribution >= 0.6 is 11.3 Å². The summed E-state index contributed by atoms with van der Waals surface area (Å²) in [5.41, 5.74) is 1.82. The molecule has 7 heteroatoms. The molecule has 3 aromatic rings. The van der Waals surface area contributed by atoms with Gasteiger partial charge in [0.05, 0.1) is 10.2 Å². The molecule has 1 aromatic carbocycles. The Morgan fingerprint density at radius 3 is 2.79 bits per heavy atom. The van der Waals surface area contributed by atoms with Gasteiger partial charge in [-0.2, -0.15) is 0 Å². The smallest absolute Gasteiger partial charge is 0.127 e. The number of aliphatic hydroxyl groups is 1. The van der Waals surface area contributed by atoms with Crippen LogP contribution in [0.15, 0.2) is 36.5 Å². The molecular formula is C17H18FN3O2S. The van der Waals surface area contributed by atoms with Crippen molar-refractivity contribution in [1.29, 1.82) is 0 Å². The maximum Gasteiger partial charge on any atom is 0.127 e. The van der Waals surface area contributed by atoms with Crippen molar-refractivity contribution >= 4 is 27.4 Å². The lowest BCUT2D eigenvalue weighted by Crippen LogP contribution is -2.19. The molecule has 0 aliphatic carbocycles. The quantitative estimate of drug-likeness (QED) is 0.742. The van der Waals surface area contributed by atoms with Gasteiger partial charge in [-0.3, -0.25) is 0 Å². The molecule has 0 saturated carbocycles. The summed E-state index contributed by atoms with van der Waals surface area (Å²) in [7, 11) is 3.89. The number of aliphatic hydroxyl groups excluding tert-OH is 1. The van der Waals surface area contributed by atoms with Gasteiger partial charge in [0.1, 0.15) is 36.0 Å². The van der Waals surface area contributed by atoms with Gasteiger partial charge in [0.15, 0.2) is 0 Å². The fourth-order valence-electron chi connectivity index (χ4n) is 2.13. The lowest BCUT2D eigenvalue weighted by Gasteiger charge is -2.10. The molecule has 1 N–H and O–H groups in total. The van der Waals surface area contributed by atoms with Crippen molar-refractivity contribution < 1.29 is 14.2 Å². The third kappa shape index (κ3) is 3.63. The van der Waals surface area contributed by atoms with Crippen molar-refractivity contribution in [1.82, 2.24) is 9.97 Å². The predicted octanol–water partition coefficient (Wildman–Crippen LogP) is 3.13. The number of fused-ring (bicyclic) bond motifs is 1. The first-order valence-corrected chi connectivity index (χ1v) is 8.29. The molecule has 0 aliphatic rings. The number of alkyl halides is 1. The third-order valence-corrected chi connectivity index (χ3v) is 4.50. The van der Waals surface area contributed by atoms with Crippen LogP contribution in [-0.2, 0) is 0 Å². The van der Waals surface area contributed by atoms with E-state index >= 15 is 0 Å². The molecule has 0 radical (unpaired) electrons. The molecule has 5 nitrogen and oxygen atoms in total. The van der Waals surface area contributed by atoms with E-state index in [1.165, 1.54) is 11.3 Å². The average molecular weight is 347 g/mol. The molecule has 0 spiro atoms. The van der Waals surface area contributed by atoms with E-state index in [0.29, 0.717) is 5.75 Å². The summed E-state index contributed by atoms with van der Waals surface area (Å²) in [6.07, 6.45) is 0.709. The average Bonchev–Trinajstić information content (AvgIpc) is 3.03. The molecule has 2 heterocycles. The highest BCUT2D eigenvalue weighted by atomic mass is 32.1. The van der Waals surface area contributed by atoms with E-state index < -0.39 is 12.8 Å². The standard InChI is InChI=1S/C17H18FN3O2S/c1-21(2)16-6-3-11(9-19-16)17-20-14-5-4-13(7-15(14)24-17)23-10-12(22)8-18/h3-7,9,12,22H,8,10H2,1-2H3/t12-/m0/s1. The number of anilines is 1. The Bertz CT molecular complexity index is 820. The Kier molecular flexibility index (Phi) is 4.92. The van der Waals surface area contributed by atoms with Crippen LogP contribution in [0.4, 0.5) is 10.2 Å². The first-order valence-electron chi connectivity index (χ1n) is 7.48. The van der Waals surface area contributed by atoms with Crippen LogP contribution in [0.25, 0.3) is 20.8 Å². The number of hydrogen-bond acceptors (Lipinski definition) is 6. The molecule has 0 saturated heterocycles. The maximum absolute atomic E-state index is 12.3. The van der Waals surface area contributed by atoms with E-state index in [9.17, 15) is 9.50 Å². The second kappa shape index (κ2) is 7.11. The minimum Gasteiger partial charge on any atom is -0.491 e. The van der Waals surface area contributed by atoms with Crippen molar-refractivity contribution in [3.63, 3.8) is 0 Å². The zero-order valence-electron chi connectivity index (χ0n) is 13.4. The molecule has 2 aromatic heterocycles. The molecule has 1 atom stereocenters. The summed E-state index contributed by atoms with van der Waals surface area (Å²) in [6.45, 7) is -0.882. The van der Waals surface area contributed by atoms with E-state index in [4.69, 9.17) is 4.74 Å². The summed E-state index contributed by atoms with van der Waals surface area (Å²) in [5, 5.41) is 10.1. The fourth-order valence-corrected chi connectivity index (χ4v) is 3.12. The molecule has 0 amide bonds. The maximum atomic E-state index is 12.3. The third-order valence-electron chi connectivity index (χ3n) is 3.43. The van der Waals surface area contributed by atoms with Crippen LogP contribution in [0.5, 0.6) is 5.75 Å². The number of rotatable bonds is 6. The SMILES string of the molecule is CN(C)c1ccc(-c2nc3ccc(OC[C@@H](O)CF)cc3s2)cn1. The second-order valence-electron chi connectivity index (χ2n) is 5.57. The Hall–Kier alpha value is -2.25. The zero-order chi connectivity index (χ0) is 17.1. The van der Waals surface area contributed by atoms with Gasteiger partial charge in [0.25, 0.3) is 0 Å². The summed E-state index contributed by atoms with van der Waals surface area (Å²) in [4.78, 5) is 11.0. The number of nitrogens with zero attached hydrogens (tertiary/aromatic N) is 3. The highest BCUT2D eigenvalue weighted by Crippen LogP contribution is 2.32. The summed E-state index contributed by atoms with van der Waals surface area (Å²) >= 11 is 1.54. The summed E-state index contributed by atoms with van der Waals surface area (Å²) in [5.74, 6) is 1.48. The number of benzene rings is 1. The van der Waals surface area contributed by atoms with Crippen LogP contribution in [-0.4, -0.2) is 48.6 Å². The van der Waals surface area contributed by atoms with Crippen LogP contribution in [0, 0.1) is 0 Å². The van der Waals surface area contributed by atoms with Crippen LogP contribution < -0.4 is 9.64 Å². The van der Waals surface area contributed by atoms with E-state index in [-0.39, 0.29) is 6.61 Å². The summed E-state index contributed by atoms with van der Waals surface area (Å²) < 4.78 is 18.6. The number of aromatic nitrogens is 2. The molecule has 0 unspecified atom stereocenters. The van der Waals surface area contributed by atoms with Gasteiger partial charge in [-0.1, -0.05) is 0 Å². The first kappa shape index (κ1) is 16.6. The van der Waals surface area contributed by atoms with Gasteiger partial charge in [0, 0.05) is 25.9 Å². The van der Waals surface area contributed by atoms with E-state index in [1.54, 1.807) is 6.07 Å². The highest BCUT2D eigenvalue weighted by molar-refractivity contribution is 7.21. The van der Waals surface area contributed by atoms with Crippen molar-refractivity contribution in [3.8, 4) is 16.3 Å². The molecular weight excluding hydrogens is 329 g/mol. The first-order chi connectivity index (χ1) is 11.6. The summed E-state index contributed by atoms with van der Waals surface area (Å²) in [6, 6.07) is 9.42. The largest absolute Gasteiger partial charge is 0.491 e. The van der Waals surface area contributed by atoms with Crippen LogP contribution in [0.2, 0.25) is 0 Å². The number of halogens is 1. The van der Waals surface area contributed by atoms with Gasteiger partial charge in [0.2, 0.25) is 0 Å². The van der Waals surface area contributed by atoms with Crippen molar-refractivity contribution in [3.05, 3.63) is 36.5 Å². The number of thiazole rings is 1. The molecule has 126 valence electrons.